The number of piperazine rings is 1. The van der Waals surface area contributed by atoms with Gasteiger partial charge in [0.2, 0.25) is 10.0 Å². The van der Waals surface area contributed by atoms with E-state index in [1.54, 1.807) is 0 Å². The summed E-state index contributed by atoms with van der Waals surface area (Å²) in [6.45, 7) is 3.37. The van der Waals surface area contributed by atoms with Crippen molar-refractivity contribution < 1.29 is 8.42 Å². The fourth-order valence-electron chi connectivity index (χ4n) is 2.02. The highest BCUT2D eigenvalue weighted by Crippen LogP contribution is 2.34. The molecule has 0 saturated carbocycles. The van der Waals surface area contributed by atoms with Gasteiger partial charge in [-0.05, 0) is 19.1 Å². The fourth-order valence-corrected chi connectivity index (χ4v) is 5.43. The van der Waals surface area contributed by atoms with Crippen molar-refractivity contribution in [3.05, 3.63) is 26.7 Å². The molecule has 0 aromatic heterocycles. The van der Waals surface area contributed by atoms with Crippen molar-refractivity contribution in [2.45, 2.75) is 17.9 Å². The van der Waals surface area contributed by atoms with E-state index in [1.807, 2.05) is 6.92 Å². The molecule has 0 unspecified atom stereocenters. The first-order valence-corrected chi connectivity index (χ1v) is 8.69. The van der Waals surface area contributed by atoms with Gasteiger partial charge in [-0.3, -0.25) is 0 Å². The smallest absolute Gasteiger partial charge is 0.246 e. The van der Waals surface area contributed by atoms with Gasteiger partial charge in [0.05, 0.1) is 10.0 Å². The van der Waals surface area contributed by atoms with E-state index in [4.69, 9.17) is 23.2 Å². The minimum absolute atomic E-state index is 0.0202. The summed E-state index contributed by atoms with van der Waals surface area (Å²) in [6.07, 6.45) is 0. The van der Waals surface area contributed by atoms with E-state index in [0.29, 0.717) is 24.1 Å². The van der Waals surface area contributed by atoms with Crippen LogP contribution in [0.4, 0.5) is 0 Å². The van der Waals surface area contributed by atoms with Gasteiger partial charge in [-0.25, -0.2) is 8.42 Å². The lowest BCUT2D eigenvalue weighted by atomic mass is 10.3. The number of nitrogens with one attached hydrogen (secondary N) is 1. The Hall–Kier alpha value is 0.150. The molecule has 1 atom stereocenters. The van der Waals surface area contributed by atoms with Crippen molar-refractivity contribution in [3.63, 3.8) is 0 Å². The lowest BCUT2D eigenvalue weighted by molar-refractivity contribution is 0.310. The van der Waals surface area contributed by atoms with Crippen molar-refractivity contribution in [2.24, 2.45) is 0 Å². The maximum atomic E-state index is 12.6. The van der Waals surface area contributed by atoms with E-state index in [0.717, 1.165) is 0 Å². The van der Waals surface area contributed by atoms with Crippen molar-refractivity contribution in [1.29, 1.82) is 0 Å². The molecule has 1 aliphatic heterocycles. The monoisotopic (exact) mass is 386 g/mol. The minimum atomic E-state index is -3.66. The lowest BCUT2D eigenvalue weighted by Gasteiger charge is -2.31. The third-order valence-corrected chi connectivity index (χ3v) is 6.14. The van der Waals surface area contributed by atoms with Gasteiger partial charge in [0, 0.05) is 30.1 Å². The Balaban J connectivity index is 2.45. The van der Waals surface area contributed by atoms with E-state index in [9.17, 15) is 8.42 Å². The first kappa shape index (κ1) is 15.5. The topological polar surface area (TPSA) is 49.4 Å². The SMILES string of the molecule is C[C@@H]1CN(S(=O)(=O)c2c(Cl)cc(Br)cc2Cl)CCN1. The van der Waals surface area contributed by atoms with Gasteiger partial charge in [0.1, 0.15) is 4.90 Å². The molecule has 0 amide bonds. The Morgan fingerprint density at radius 2 is 1.95 bits per heavy atom. The third-order valence-electron chi connectivity index (χ3n) is 2.89. The molecule has 1 saturated heterocycles. The second-order valence-electron chi connectivity index (χ2n) is 4.42. The van der Waals surface area contributed by atoms with Crippen LogP contribution in [-0.2, 0) is 10.0 Å². The summed E-state index contributed by atoms with van der Waals surface area (Å²) in [5.74, 6) is 0. The average Bonchev–Trinajstić information content (AvgIpc) is 2.26. The minimum Gasteiger partial charge on any atom is -0.312 e. The van der Waals surface area contributed by atoms with E-state index in [1.165, 1.54) is 16.4 Å². The highest BCUT2D eigenvalue weighted by atomic mass is 79.9. The number of halogens is 3. The first-order chi connectivity index (χ1) is 8.82. The Morgan fingerprint density at radius 1 is 1.37 bits per heavy atom. The molecule has 1 aromatic carbocycles. The quantitative estimate of drug-likeness (QED) is 0.848. The van der Waals surface area contributed by atoms with E-state index < -0.39 is 10.0 Å². The molecule has 19 heavy (non-hydrogen) atoms. The van der Waals surface area contributed by atoms with Crippen molar-refractivity contribution >= 4 is 49.2 Å². The maximum absolute atomic E-state index is 12.6. The van der Waals surface area contributed by atoms with Crippen molar-refractivity contribution in [2.75, 3.05) is 19.6 Å². The number of rotatable bonds is 2. The highest BCUT2D eigenvalue weighted by Gasteiger charge is 2.32. The van der Waals surface area contributed by atoms with Crippen LogP contribution in [0.15, 0.2) is 21.5 Å². The molecule has 1 heterocycles. The molecule has 1 aliphatic rings. The Kier molecular flexibility index (Phi) is 4.80. The molecule has 1 aromatic rings. The van der Waals surface area contributed by atoms with Gasteiger partial charge >= 0.3 is 0 Å². The van der Waals surface area contributed by atoms with E-state index in [2.05, 4.69) is 21.2 Å². The third kappa shape index (κ3) is 3.25. The summed E-state index contributed by atoms with van der Waals surface area (Å²) in [6, 6.07) is 3.18. The van der Waals surface area contributed by atoms with Gasteiger partial charge in [0.25, 0.3) is 0 Å². The normalized spacial score (nSPS) is 21.6. The molecule has 0 radical (unpaired) electrons. The van der Waals surface area contributed by atoms with Crippen LogP contribution in [-0.4, -0.2) is 38.4 Å². The van der Waals surface area contributed by atoms with Crippen LogP contribution >= 0.6 is 39.1 Å². The maximum Gasteiger partial charge on any atom is 0.246 e. The summed E-state index contributed by atoms with van der Waals surface area (Å²) in [5, 5.41) is 3.45. The summed E-state index contributed by atoms with van der Waals surface area (Å²) in [4.78, 5) is -0.0202. The van der Waals surface area contributed by atoms with Crippen LogP contribution in [0.3, 0.4) is 0 Å². The molecule has 8 heteroatoms. The van der Waals surface area contributed by atoms with Crippen LogP contribution in [0.2, 0.25) is 10.0 Å². The summed E-state index contributed by atoms with van der Waals surface area (Å²) in [5.41, 5.74) is 0. The van der Waals surface area contributed by atoms with Crippen LogP contribution < -0.4 is 5.32 Å². The van der Waals surface area contributed by atoms with Gasteiger partial charge in [0.15, 0.2) is 0 Å². The molecular formula is C11H13BrCl2N2O2S. The molecule has 1 fully saturated rings. The number of hydrogen-bond donors (Lipinski definition) is 1. The van der Waals surface area contributed by atoms with Gasteiger partial charge in [-0.1, -0.05) is 39.1 Å². The average molecular weight is 388 g/mol. The number of sulfonamides is 1. The van der Waals surface area contributed by atoms with Gasteiger partial charge < -0.3 is 5.32 Å². The predicted molar refractivity (Wildman–Crippen MR) is 80.4 cm³/mol. The summed E-state index contributed by atoms with van der Waals surface area (Å²) < 4.78 is 27.3. The zero-order chi connectivity index (χ0) is 14.2. The fraction of sp³-hybridized carbons (Fsp3) is 0.455. The molecule has 2 rings (SSSR count). The molecule has 106 valence electrons. The second kappa shape index (κ2) is 5.87. The molecular weight excluding hydrogens is 375 g/mol. The Bertz CT molecular complexity index is 571. The Morgan fingerprint density at radius 3 is 2.47 bits per heavy atom. The van der Waals surface area contributed by atoms with Crippen LogP contribution in [0.25, 0.3) is 0 Å². The van der Waals surface area contributed by atoms with Crippen LogP contribution in [0, 0.1) is 0 Å². The summed E-state index contributed by atoms with van der Waals surface area (Å²) >= 11 is 15.3. The molecule has 4 nitrogen and oxygen atoms in total. The van der Waals surface area contributed by atoms with Gasteiger partial charge in [-0.2, -0.15) is 4.31 Å². The summed E-state index contributed by atoms with van der Waals surface area (Å²) in [7, 11) is -3.66. The van der Waals surface area contributed by atoms with Crippen molar-refractivity contribution in [1.82, 2.24) is 9.62 Å². The standard InChI is InChI=1S/C11H13BrCl2N2O2S/c1-7-6-16(3-2-15-7)19(17,18)11-9(13)4-8(12)5-10(11)14/h4-5,7,15H,2-3,6H2,1H3/t7-/m1/s1. The van der Waals surface area contributed by atoms with E-state index >= 15 is 0 Å². The van der Waals surface area contributed by atoms with Crippen LogP contribution in [0.1, 0.15) is 6.92 Å². The van der Waals surface area contributed by atoms with Gasteiger partial charge in [-0.15, -0.1) is 0 Å². The van der Waals surface area contributed by atoms with Crippen LogP contribution in [0.5, 0.6) is 0 Å². The lowest BCUT2D eigenvalue weighted by Crippen LogP contribution is -2.51. The van der Waals surface area contributed by atoms with Crippen molar-refractivity contribution in [3.8, 4) is 0 Å². The highest BCUT2D eigenvalue weighted by molar-refractivity contribution is 9.10. The number of benzene rings is 1. The number of nitrogens with zero attached hydrogens (tertiary/aromatic N) is 1. The molecule has 0 bridgehead atoms. The second-order valence-corrected chi connectivity index (χ2v) is 8.02. The first-order valence-electron chi connectivity index (χ1n) is 5.70. The Labute approximate surface area is 131 Å². The molecule has 1 N–H and O–H groups in total. The zero-order valence-corrected chi connectivity index (χ0v) is 14.1. The largest absolute Gasteiger partial charge is 0.312 e. The van der Waals surface area contributed by atoms with E-state index in [-0.39, 0.29) is 21.0 Å². The predicted octanol–water partition coefficient (Wildman–Crippen LogP) is 2.74. The molecule has 0 aliphatic carbocycles. The zero-order valence-electron chi connectivity index (χ0n) is 10.2. The number of hydrogen-bond acceptors (Lipinski definition) is 3. The molecule has 0 spiro atoms.